The zero-order valence-corrected chi connectivity index (χ0v) is 9.83. The van der Waals surface area contributed by atoms with E-state index in [4.69, 9.17) is 10.8 Å². The lowest BCUT2D eigenvalue weighted by molar-refractivity contribution is -0.172. The van der Waals surface area contributed by atoms with Crippen LogP contribution in [-0.2, 0) is 4.74 Å². The van der Waals surface area contributed by atoms with Gasteiger partial charge in [0.2, 0.25) is 0 Å². The molecule has 106 valence electrons. The van der Waals surface area contributed by atoms with Gasteiger partial charge in [0.25, 0.3) is 0 Å². The van der Waals surface area contributed by atoms with E-state index in [2.05, 4.69) is 10.1 Å². The summed E-state index contributed by atoms with van der Waals surface area (Å²) < 4.78 is 39.7. The molecule has 0 spiro atoms. The summed E-state index contributed by atoms with van der Waals surface area (Å²) in [6.07, 6.45) is -4.35. The number of nitrogens with one attached hydrogen (secondary N) is 1. The lowest BCUT2D eigenvalue weighted by Crippen LogP contribution is -2.20. The van der Waals surface area contributed by atoms with Crippen molar-refractivity contribution in [2.45, 2.75) is 6.18 Å². The van der Waals surface area contributed by atoms with Crippen molar-refractivity contribution >= 4 is 17.3 Å². The maximum absolute atomic E-state index is 11.8. The van der Waals surface area contributed by atoms with Gasteiger partial charge in [-0.2, -0.15) is 13.2 Å². The molecular formula is C11H13F3N2O3. The fraction of sp³-hybridized carbons (Fsp3) is 0.364. The van der Waals surface area contributed by atoms with E-state index in [1.54, 1.807) is 0 Å². The number of carbonyl (C=O) groups is 1. The van der Waals surface area contributed by atoms with E-state index in [9.17, 15) is 18.0 Å². The van der Waals surface area contributed by atoms with Crippen LogP contribution >= 0.6 is 0 Å². The number of benzene rings is 1. The lowest BCUT2D eigenvalue weighted by Gasteiger charge is -2.10. The summed E-state index contributed by atoms with van der Waals surface area (Å²) in [4.78, 5) is 10.8. The number of alkyl halides is 3. The van der Waals surface area contributed by atoms with Gasteiger partial charge >= 0.3 is 12.1 Å². The SMILES string of the molecule is Nc1ccc(NCCOCC(F)(F)F)cc1C(=O)O. The Hall–Kier alpha value is -1.96. The minimum Gasteiger partial charge on any atom is -0.478 e. The first kappa shape index (κ1) is 15.1. The van der Waals surface area contributed by atoms with Crippen LogP contribution in [0.4, 0.5) is 24.5 Å². The van der Waals surface area contributed by atoms with E-state index in [0.717, 1.165) is 0 Å². The number of nitrogens with two attached hydrogens (primary N) is 1. The average molecular weight is 278 g/mol. The van der Waals surface area contributed by atoms with E-state index in [-0.39, 0.29) is 24.4 Å². The molecule has 0 bridgehead atoms. The van der Waals surface area contributed by atoms with Gasteiger partial charge in [0.15, 0.2) is 0 Å². The molecule has 0 amide bonds. The standard InChI is InChI=1S/C11H13F3N2O3/c12-11(13,14)6-19-4-3-16-7-1-2-9(15)8(5-7)10(17)18/h1-2,5,16H,3-4,6,15H2,(H,17,18). The second-order valence-electron chi connectivity index (χ2n) is 3.70. The van der Waals surface area contributed by atoms with Crippen molar-refractivity contribution in [2.75, 3.05) is 30.8 Å². The number of anilines is 2. The quantitative estimate of drug-likeness (QED) is 0.547. The first-order chi connectivity index (χ1) is 8.79. The van der Waals surface area contributed by atoms with Gasteiger partial charge in [-0.1, -0.05) is 0 Å². The van der Waals surface area contributed by atoms with Crippen LogP contribution in [0.3, 0.4) is 0 Å². The van der Waals surface area contributed by atoms with Crippen molar-refractivity contribution in [1.29, 1.82) is 0 Å². The third kappa shape index (κ3) is 5.47. The normalized spacial score (nSPS) is 11.3. The van der Waals surface area contributed by atoms with Gasteiger partial charge in [-0.25, -0.2) is 4.79 Å². The highest BCUT2D eigenvalue weighted by molar-refractivity contribution is 5.94. The van der Waals surface area contributed by atoms with Crippen LogP contribution in [0.5, 0.6) is 0 Å². The predicted octanol–water partition coefficient (Wildman–Crippen LogP) is 1.96. The number of halogens is 3. The number of hydrogen-bond acceptors (Lipinski definition) is 4. The minimum absolute atomic E-state index is 0.0683. The summed E-state index contributed by atoms with van der Waals surface area (Å²) in [5, 5.41) is 11.6. The van der Waals surface area contributed by atoms with Gasteiger partial charge in [0, 0.05) is 17.9 Å². The second-order valence-corrected chi connectivity index (χ2v) is 3.70. The zero-order valence-electron chi connectivity index (χ0n) is 9.83. The highest BCUT2D eigenvalue weighted by Gasteiger charge is 2.27. The monoisotopic (exact) mass is 278 g/mol. The Bertz CT molecular complexity index is 449. The van der Waals surface area contributed by atoms with Gasteiger partial charge in [0.1, 0.15) is 6.61 Å². The maximum Gasteiger partial charge on any atom is 0.411 e. The second kappa shape index (κ2) is 6.28. The van der Waals surface area contributed by atoms with Crippen LogP contribution < -0.4 is 11.1 Å². The summed E-state index contributed by atoms with van der Waals surface area (Å²) in [5.74, 6) is -1.17. The van der Waals surface area contributed by atoms with E-state index in [1.165, 1.54) is 18.2 Å². The summed E-state index contributed by atoms with van der Waals surface area (Å²) in [6, 6.07) is 4.25. The van der Waals surface area contributed by atoms with Gasteiger partial charge in [-0.15, -0.1) is 0 Å². The van der Waals surface area contributed by atoms with Crippen LogP contribution in [0, 0.1) is 0 Å². The number of ether oxygens (including phenoxy) is 1. The molecule has 4 N–H and O–H groups in total. The Morgan fingerprint density at radius 1 is 1.42 bits per heavy atom. The van der Waals surface area contributed by atoms with Crippen molar-refractivity contribution in [1.82, 2.24) is 0 Å². The number of carboxylic acids is 1. The average Bonchev–Trinajstić information content (AvgIpc) is 2.29. The molecule has 5 nitrogen and oxygen atoms in total. The summed E-state index contributed by atoms with van der Waals surface area (Å²) in [5.41, 5.74) is 5.95. The third-order valence-corrected chi connectivity index (χ3v) is 2.12. The highest BCUT2D eigenvalue weighted by Crippen LogP contribution is 2.18. The molecule has 0 aliphatic carbocycles. The topological polar surface area (TPSA) is 84.6 Å². The first-order valence-corrected chi connectivity index (χ1v) is 5.31. The fourth-order valence-corrected chi connectivity index (χ4v) is 1.31. The van der Waals surface area contributed by atoms with Crippen molar-refractivity contribution in [3.8, 4) is 0 Å². The Labute approximate surface area is 107 Å². The Balaban J connectivity index is 2.42. The first-order valence-electron chi connectivity index (χ1n) is 5.31. The van der Waals surface area contributed by atoms with Crippen LogP contribution in [0.25, 0.3) is 0 Å². The zero-order chi connectivity index (χ0) is 14.5. The summed E-state index contributed by atoms with van der Waals surface area (Å²) in [6.45, 7) is -1.33. The van der Waals surface area contributed by atoms with Crippen molar-refractivity contribution < 1.29 is 27.8 Å². The molecule has 19 heavy (non-hydrogen) atoms. The molecule has 0 fully saturated rings. The Morgan fingerprint density at radius 2 is 2.11 bits per heavy atom. The molecule has 0 radical (unpaired) electrons. The molecule has 1 aromatic rings. The lowest BCUT2D eigenvalue weighted by atomic mass is 10.1. The van der Waals surface area contributed by atoms with Gasteiger partial charge in [0.05, 0.1) is 12.2 Å². The molecule has 0 atom stereocenters. The molecule has 0 unspecified atom stereocenters. The smallest absolute Gasteiger partial charge is 0.411 e. The Morgan fingerprint density at radius 3 is 2.68 bits per heavy atom. The molecule has 1 rings (SSSR count). The molecule has 0 saturated heterocycles. The number of nitrogen functional groups attached to an aromatic ring is 1. The molecule has 0 aliphatic heterocycles. The molecule has 0 aliphatic rings. The van der Waals surface area contributed by atoms with E-state index in [1.807, 2.05) is 0 Å². The fourth-order valence-electron chi connectivity index (χ4n) is 1.31. The minimum atomic E-state index is -4.35. The van der Waals surface area contributed by atoms with Crippen LogP contribution in [0.15, 0.2) is 18.2 Å². The summed E-state index contributed by atoms with van der Waals surface area (Å²) in [7, 11) is 0. The van der Waals surface area contributed by atoms with Crippen molar-refractivity contribution in [3.05, 3.63) is 23.8 Å². The number of hydrogen-bond donors (Lipinski definition) is 3. The number of rotatable bonds is 6. The van der Waals surface area contributed by atoms with Crippen molar-refractivity contribution in [2.24, 2.45) is 0 Å². The molecule has 0 saturated carbocycles. The van der Waals surface area contributed by atoms with Crippen LogP contribution in [0.2, 0.25) is 0 Å². The van der Waals surface area contributed by atoms with E-state index in [0.29, 0.717) is 5.69 Å². The maximum atomic E-state index is 11.8. The van der Waals surface area contributed by atoms with Crippen molar-refractivity contribution in [3.63, 3.8) is 0 Å². The van der Waals surface area contributed by atoms with Gasteiger partial charge in [-0.05, 0) is 18.2 Å². The molecule has 1 aromatic carbocycles. The molecule has 0 aromatic heterocycles. The van der Waals surface area contributed by atoms with Crippen LogP contribution in [-0.4, -0.2) is 37.0 Å². The van der Waals surface area contributed by atoms with E-state index < -0.39 is 18.8 Å². The van der Waals surface area contributed by atoms with Gasteiger partial charge < -0.3 is 20.9 Å². The molecular weight excluding hydrogens is 265 g/mol. The molecule has 8 heteroatoms. The van der Waals surface area contributed by atoms with E-state index >= 15 is 0 Å². The van der Waals surface area contributed by atoms with Gasteiger partial charge in [-0.3, -0.25) is 0 Å². The molecule has 0 heterocycles. The highest BCUT2D eigenvalue weighted by atomic mass is 19.4. The Kier molecular flexibility index (Phi) is 4.99. The number of aromatic carboxylic acids is 1. The summed E-state index contributed by atoms with van der Waals surface area (Å²) >= 11 is 0. The van der Waals surface area contributed by atoms with Crippen LogP contribution in [0.1, 0.15) is 10.4 Å². The third-order valence-electron chi connectivity index (χ3n) is 2.12. The number of carboxylic acid groups (broad SMARTS) is 1. The largest absolute Gasteiger partial charge is 0.478 e. The predicted molar refractivity (Wildman–Crippen MR) is 63.2 cm³/mol.